The number of carbonyl (C=O) groups excluding carboxylic acids is 1. The molecule has 10 heteroatoms. The van der Waals surface area contributed by atoms with Gasteiger partial charge in [0.1, 0.15) is 0 Å². The summed E-state index contributed by atoms with van der Waals surface area (Å²) in [4.78, 5) is 18.4. The van der Waals surface area contributed by atoms with Crippen molar-refractivity contribution in [2.24, 2.45) is 5.92 Å². The number of aromatic nitrogens is 3. The maximum Gasteiger partial charge on any atom is 0.318 e. The van der Waals surface area contributed by atoms with Gasteiger partial charge in [0.15, 0.2) is 10.8 Å². The number of alkyl halides is 2. The zero-order valence-electron chi connectivity index (χ0n) is 16.2. The van der Waals surface area contributed by atoms with Crippen molar-refractivity contribution in [1.29, 1.82) is 0 Å². The van der Waals surface area contributed by atoms with E-state index in [0.29, 0.717) is 43.6 Å². The van der Waals surface area contributed by atoms with E-state index in [1.54, 1.807) is 22.7 Å². The normalized spacial score (nSPS) is 21.0. The van der Waals surface area contributed by atoms with E-state index in [2.05, 4.69) is 15.4 Å². The van der Waals surface area contributed by atoms with Crippen LogP contribution in [0.25, 0.3) is 5.65 Å². The van der Waals surface area contributed by atoms with Crippen LogP contribution >= 0.6 is 11.6 Å². The number of amides is 2. The van der Waals surface area contributed by atoms with Gasteiger partial charge in [-0.15, -0.1) is 0 Å². The maximum atomic E-state index is 13.4. The Morgan fingerprint density at radius 3 is 2.83 bits per heavy atom. The molecule has 1 atom stereocenters. The highest BCUT2D eigenvalue weighted by atomic mass is 35.5. The molecule has 0 aromatic carbocycles. The van der Waals surface area contributed by atoms with E-state index in [-0.39, 0.29) is 42.6 Å². The van der Waals surface area contributed by atoms with Crippen LogP contribution < -0.4 is 5.32 Å². The number of rotatable bonds is 6. The van der Waals surface area contributed by atoms with E-state index in [1.165, 1.54) is 0 Å². The number of urea groups is 1. The Morgan fingerprint density at radius 2 is 2.17 bits per heavy atom. The van der Waals surface area contributed by atoms with E-state index in [1.807, 2.05) is 6.07 Å². The van der Waals surface area contributed by atoms with Gasteiger partial charge in [0, 0.05) is 38.6 Å². The Hall–Kier alpha value is -2.00. The van der Waals surface area contributed by atoms with E-state index in [0.717, 1.165) is 5.69 Å². The van der Waals surface area contributed by atoms with Crippen molar-refractivity contribution in [3.8, 4) is 0 Å². The van der Waals surface area contributed by atoms with Gasteiger partial charge in [-0.1, -0.05) is 11.6 Å². The molecule has 3 heterocycles. The molecule has 2 aliphatic rings. The van der Waals surface area contributed by atoms with Crippen LogP contribution in [0.4, 0.5) is 13.6 Å². The molecule has 1 N–H and O–H groups in total. The van der Waals surface area contributed by atoms with Crippen molar-refractivity contribution in [2.75, 3.05) is 26.8 Å². The molecule has 158 valence electrons. The molecule has 0 spiro atoms. The Morgan fingerprint density at radius 1 is 1.41 bits per heavy atom. The predicted molar refractivity (Wildman–Crippen MR) is 103 cm³/mol. The molecule has 1 aliphatic carbocycles. The fraction of sp³-hybridized carbons (Fsp3) is 0.632. The van der Waals surface area contributed by atoms with E-state index >= 15 is 0 Å². The van der Waals surface area contributed by atoms with Crippen LogP contribution in [0.5, 0.6) is 0 Å². The second kappa shape index (κ2) is 8.02. The van der Waals surface area contributed by atoms with Crippen LogP contribution in [0.15, 0.2) is 12.3 Å². The third-order valence-corrected chi connectivity index (χ3v) is 6.06. The molecule has 7 nitrogen and oxygen atoms in total. The number of ether oxygens (including phenoxy) is 1. The van der Waals surface area contributed by atoms with Gasteiger partial charge in [-0.25, -0.2) is 23.1 Å². The quantitative estimate of drug-likeness (QED) is 0.766. The Labute approximate surface area is 172 Å². The van der Waals surface area contributed by atoms with Gasteiger partial charge >= 0.3 is 6.03 Å². The first kappa shape index (κ1) is 20.3. The summed E-state index contributed by atoms with van der Waals surface area (Å²) >= 11 is 6.44. The number of imidazole rings is 1. The SMILES string of the molecule is COCC(c1cc2nc(CC3CCC(F)(F)CC3)cn2nc1Cl)N1CCNC1=O. The highest BCUT2D eigenvalue weighted by Crippen LogP contribution is 2.37. The number of carbonyl (C=O) groups is 1. The van der Waals surface area contributed by atoms with Crippen LogP contribution in [-0.2, 0) is 11.2 Å². The first-order chi connectivity index (χ1) is 13.9. The number of methoxy groups -OCH3 is 1. The van der Waals surface area contributed by atoms with E-state index < -0.39 is 5.92 Å². The summed E-state index contributed by atoms with van der Waals surface area (Å²) in [7, 11) is 1.57. The molecule has 1 saturated carbocycles. The summed E-state index contributed by atoms with van der Waals surface area (Å²) in [5.74, 6) is -2.33. The van der Waals surface area contributed by atoms with Gasteiger partial charge in [0.25, 0.3) is 0 Å². The maximum absolute atomic E-state index is 13.4. The van der Waals surface area contributed by atoms with Crippen LogP contribution in [-0.4, -0.2) is 58.3 Å². The molecule has 1 unspecified atom stereocenters. The average Bonchev–Trinajstić information content (AvgIpc) is 3.26. The lowest BCUT2D eigenvalue weighted by Crippen LogP contribution is -2.35. The second-order valence-corrected chi connectivity index (χ2v) is 8.18. The van der Waals surface area contributed by atoms with Gasteiger partial charge in [-0.05, 0) is 31.2 Å². The number of nitrogens with one attached hydrogen (secondary N) is 1. The molecular weight excluding hydrogens is 404 g/mol. The molecule has 2 aromatic rings. The van der Waals surface area contributed by atoms with Crippen molar-refractivity contribution in [3.63, 3.8) is 0 Å². The number of halogens is 3. The standard InChI is InChI=1S/C19H24ClF2N5O2/c1-29-11-15(26-7-6-23-18(26)28)14-9-16-24-13(10-27(16)25-17(14)20)8-12-2-4-19(21,22)5-3-12/h9-10,12,15H,2-8,11H2,1H3,(H,23,28). The highest BCUT2D eigenvalue weighted by Gasteiger charge is 2.35. The molecule has 1 saturated heterocycles. The third kappa shape index (κ3) is 4.30. The minimum Gasteiger partial charge on any atom is -0.382 e. The molecule has 2 amide bonds. The minimum absolute atomic E-state index is 0.0597. The molecule has 0 bridgehead atoms. The summed E-state index contributed by atoms with van der Waals surface area (Å²) in [5, 5.41) is 7.46. The topological polar surface area (TPSA) is 71.8 Å². The number of hydrogen-bond donors (Lipinski definition) is 1. The van der Waals surface area contributed by atoms with Crippen molar-refractivity contribution < 1.29 is 18.3 Å². The largest absolute Gasteiger partial charge is 0.382 e. The van der Waals surface area contributed by atoms with Gasteiger partial charge < -0.3 is 15.0 Å². The van der Waals surface area contributed by atoms with Gasteiger partial charge in [0.05, 0.1) is 24.5 Å². The highest BCUT2D eigenvalue weighted by molar-refractivity contribution is 6.30. The summed E-state index contributed by atoms with van der Waals surface area (Å²) < 4.78 is 33.7. The van der Waals surface area contributed by atoms with Gasteiger partial charge in [-0.3, -0.25) is 0 Å². The van der Waals surface area contributed by atoms with E-state index in [4.69, 9.17) is 16.3 Å². The van der Waals surface area contributed by atoms with Crippen LogP contribution in [0.1, 0.15) is 43.0 Å². The van der Waals surface area contributed by atoms with Gasteiger partial charge in [-0.2, -0.15) is 5.10 Å². The molecular formula is C19H24ClF2N5O2. The first-order valence-electron chi connectivity index (χ1n) is 9.82. The average molecular weight is 428 g/mol. The van der Waals surface area contributed by atoms with E-state index in [9.17, 15) is 13.6 Å². The van der Waals surface area contributed by atoms with Gasteiger partial charge in [0.2, 0.25) is 5.92 Å². The number of fused-ring (bicyclic) bond motifs is 1. The van der Waals surface area contributed by atoms with Crippen molar-refractivity contribution in [2.45, 2.75) is 44.1 Å². The summed E-state index contributed by atoms with van der Waals surface area (Å²) in [5.41, 5.74) is 2.09. The summed E-state index contributed by atoms with van der Waals surface area (Å²) in [6, 6.07) is 1.29. The molecule has 2 aromatic heterocycles. The molecule has 2 fully saturated rings. The summed E-state index contributed by atoms with van der Waals surface area (Å²) in [6.07, 6.45) is 3.32. The molecule has 1 aliphatic heterocycles. The number of nitrogens with zero attached hydrogens (tertiary/aromatic N) is 4. The molecule has 4 rings (SSSR count). The van der Waals surface area contributed by atoms with Crippen LogP contribution in [0, 0.1) is 5.92 Å². The lowest BCUT2D eigenvalue weighted by molar-refractivity contribution is -0.0457. The zero-order valence-corrected chi connectivity index (χ0v) is 17.0. The second-order valence-electron chi connectivity index (χ2n) is 7.83. The van der Waals surface area contributed by atoms with Crippen molar-refractivity contribution in [3.05, 3.63) is 28.7 Å². The summed E-state index contributed by atoms with van der Waals surface area (Å²) in [6.45, 7) is 1.41. The monoisotopic (exact) mass is 427 g/mol. The lowest BCUT2D eigenvalue weighted by Gasteiger charge is -2.27. The van der Waals surface area contributed by atoms with Crippen molar-refractivity contribution >= 4 is 23.3 Å². The fourth-order valence-corrected chi connectivity index (χ4v) is 4.45. The predicted octanol–water partition coefficient (Wildman–Crippen LogP) is 3.46. The Kier molecular flexibility index (Phi) is 5.61. The smallest absolute Gasteiger partial charge is 0.318 e. The zero-order chi connectivity index (χ0) is 20.6. The molecule has 0 radical (unpaired) electrons. The Balaban J connectivity index is 1.57. The lowest BCUT2D eigenvalue weighted by atomic mass is 9.84. The fourth-order valence-electron chi connectivity index (χ4n) is 4.19. The van der Waals surface area contributed by atoms with Crippen molar-refractivity contribution in [1.82, 2.24) is 24.8 Å². The Bertz CT molecular complexity index is 896. The number of hydrogen-bond acceptors (Lipinski definition) is 4. The minimum atomic E-state index is -2.53. The first-order valence-corrected chi connectivity index (χ1v) is 10.2. The van der Waals surface area contributed by atoms with Crippen LogP contribution in [0.3, 0.4) is 0 Å². The molecule has 29 heavy (non-hydrogen) atoms. The third-order valence-electron chi connectivity index (χ3n) is 5.77. The van der Waals surface area contributed by atoms with Crippen LogP contribution in [0.2, 0.25) is 5.15 Å².